The topological polar surface area (TPSA) is 68.0 Å². The van der Waals surface area contributed by atoms with Gasteiger partial charge >= 0.3 is 0 Å². The van der Waals surface area contributed by atoms with Crippen molar-refractivity contribution in [1.82, 2.24) is 10.3 Å². The molecule has 1 heterocycles. The lowest BCUT2D eigenvalue weighted by Crippen LogP contribution is -2.29. The molecule has 122 valence electrons. The number of nitrogens with two attached hydrogens (primary N) is 1. The third-order valence-electron chi connectivity index (χ3n) is 3.03. The van der Waals surface area contributed by atoms with Crippen molar-refractivity contribution in [3.8, 4) is 0 Å². The lowest BCUT2D eigenvalue weighted by molar-refractivity contribution is 0.0954. The highest BCUT2D eigenvalue weighted by Gasteiger charge is 2.12. The summed E-state index contributed by atoms with van der Waals surface area (Å²) in [6, 6.07) is 7.65. The molecule has 0 fully saturated rings. The highest BCUT2D eigenvalue weighted by Crippen LogP contribution is 2.22. The van der Waals surface area contributed by atoms with Gasteiger partial charge < -0.3 is 11.1 Å². The zero-order valence-electron chi connectivity index (χ0n) is 12.4. The Bertz CT molecular complexity index is 650. The molecule has 0 bridgehead atoms. The second kappa shape index (κ2) is 9.30. The number of benzene rings is 1. The zero-order chi connectivity index (χ0) is 14.7. The summed E-state index contributed by atoms with van der Waals surface area (Å²) >= 11 is 3.43. The van der Waals surface area contributed by atoms with E-state index in [0.717, 1.165) is 27.5 Å². The summed E-state index contributed by atoms with van der Waals surface area (Å²) in [5.41, 5.74) is 7.99. The quantitative estimate of drug-likeness (QED) is 0.811. The maximum Gasteiger partial charge on any atom is 0.252 e. The molecule has 1 atom stereocenters. The van der Waals surface area contributed by atoms with Crippen LogP contribution in [0.1, 0.15) is 29.4 Å². The highest BCUT2D eigenvalue weighted by atomic mass is 79.9. The van der Waals surface area contributed by atoms with Gasteiger partial charge in [-0.05, 0) is 44.5 Å². The SMILES string of the molecule is Cc1cc(C(=O)NCCC(C)N)c2cc(Br)ccc2n1.Cl.Cl. The Morgan fingerprint density at radius 1 is 1.36 bits per heavy atom. The van der Waals surface area contributed by atoms with Gasteiger partial charge in [0.05, 0.1) is 11.1 Å². The van der Waals surface area contributed by atoms with Crippen LogP contribution < -0.4 is 11.1 Å². The van der Waals surface area contributed by atoms with E-state index in [9.17, 15) is 4.79 Å². The van der Waals surface area contributed by atoms with E-state index in [0.29, 0.717) is 12.1 Å². The largest absolute Gasteiger partial charge is 0.352 e. The van der Waals surface area contributed by atoms with E-state index in [-0.39, 0.29) is 36.8 Å². The Balaban J connectivity index is 0.00000220. The number of aryl methyl sites for hydroxylation is 1. The van der Waals surface area contributed by atoms with Gasteiger partial charge in [0, 0.05) is 28.1 Å². The zero-order valence-corrected chi connectivity index (χ0v) is 15.6. The van der Waals surface area contributed by atoms with Crippen LogP contribution in [0.15, 0.2) is 28.7 Å². The number of nitrogens with zero attached hydrogens (tertiary/aromatic N) is 1. The Hall–Kier alpha value is -0.880. The van der Waals surface area contributed by atoms with E-state index in [1.807, 2.05) is 38.1 Å². The first-order valence-electron chi connectivity index (χ1n) is 6.58. The van der Waals surface area contributed by atoms with Gasteiger partial charge in [-0.15, -0.1) is 24.8 Å². The average Bonchev–Trinajstić information content (AvgIpc) is 2.37. The Labute approximate surface area is 151 Å². The van der Waals surface area contributed by atoms with Crippen LogP contribution in [0.5, 0.6) is 0 Å². The molecule has 22 heavy (non-hydrogen) atoms. The molecule has 3 N–H and O–H groups in total. The maximum absolute atomic E-state index is 12.3. The van der Waals surface area contributed by atoms with Crippen molar-refractivity contribution in [3.05, 3.63) is 40.0 Å². The highest BCUT2D eigenvalue weighted by molar-refractivity contribution is 9.10. The molecule has 0 spiro atoms. The van der Waals surface area contributed by atoms with Crippen molar-refractivity contribution in [2.24, 2.45) is 5.73 Å². The summed E-state index contributed by atoms with van der Waals surface area (Å²) in [5, 5.41) is 3.76. The van der Waals surface area contributed by atoms with Gasteiger partial charge in [0.1, 0.15) is 0 Å². The van der Waals surface area contributed by atoms with Gasteiger partial charge in [0.15, 0.2) is 0 Å². The maximum atomic E-state index is 12.3. The number of fused-ring (bicyclic) bond motifs is 1. The van der Waals surface area contributed by atoms with Crippen LogP contribution in [0.4, 0.5) is 0 Å². The van der Waals surface area contributed by atoms with E-state index in [1.54, 1.807) is 0 Å². The van der Waals surface area contributed by atoms with Crippen molar-refractivity contribution in [2.75, 3.05) is 6.54 Å². The molecular formula is C15H20BrCl2N3O. The Kier molecular flexibility index (Phi) is 8.93. The lowest BCUT2D eigenvalue weighted by atomic mass is 10.1. The van der Waals surface area contributed by atoms with E-state index in [2.05, 4.69) is 26.2 Å². The molecule has 0 aliphatic heterocycles. The molecule has 0 aliphatic rings. The fourth-order valence-electron chi connectivity index (χ4n) is 2.03. The molecule has 0 radical (unpaired) electrons. The first-order chi connectivity index (χ1) is 9.47. The van der Waals surface area contributed by atoms with Crippen LogP contribution >= 0.6 is 40.7 Å². The van der Waals surface area contributed by atoms with E-state index in [4.69, 9.17) is 5.73 Å². The fraction of sp³-hybridized carbons (Fsp3) is 0.333. The fourth-order valence-corrected chi connectivity index (χ4v) is 2.39. The number of hydrogen-bond acceptors (Lipinski definition) is 3. The van der Waals surface area contributed by atoms with E-state index in [1.165, 1.54) is 0 Å². The van der Waals surface area contributed by atoms with Crippen LogP contribution in [-0.4, -0.2) is 23.5 Å². The summed E-state index contributed by atoms with van der Waals surface area (Å²) in [4.78, 5) is 16.8. The van der Waals surface area contributed by atoms with Crippen LogP contribution in [-0.2, 0) is 0 Å². The molecule has 2 aromatic rings. The number of pyridine rings is 1. The van der Waals surface area contributed by atoms with Gasteiger partial charge in [-0.2, -0.15) is 0 Å². The van der Waals surface area contributed by atoms with Crippen molar-refractivity contribution in [1.29, 1.82) is 0 Å². The summed E-state index contributed by atoms with van der Waals surface area (Å²) in [7, 11) is 0. The lowest BCUT2D eigenvalue weighted by Gasteiger charge is -2.10. The number of amides is 1. The van der Waals surface area contributed by atoms with Crippen molar-refractivity contribution >= 4 is 57.6 Å². The van der Waals surface area contributed by atoms with Crippen LogP contribution in [0.3, 0.4) is 0 Å². The monoisotopic (exact) mass is 407 g/mol. The smallest absolute Gasteiger partial charge is 0.252 e. The number of rotatable bonds is 4. The van der Waals surface area contributed by atoms with Crippen LogP contribution in [0, 0.1) is 6.92 Å². The average molecular weight is 409 g/mol. The number of halogens is 3. The van der Waals surface area contributed by atoms with Gasteiger partial charge in [-0.1, -0.05) is 15.9 Å². The predicted molar refractivity (Wildman–Crippen MR) is 99.3 cm³/mol. The molecule has 1 amide bonds. The Morgan fingerprint density at radius 2 is 2.05 bits per heavy atom. The minimum atomic E-state index is -0.0840. The molecule has 1 aromatic carbocycles. The normalized spacial score (nSPS) is 11.3. The van der Waals surface area contributed by atoms with E-state index >= 15 is 0 Å². The number of aromatic nitrogens is 1. The predicted octanol–water partition coefficient (Wildman–Crippen LogP) is 3.62. The number of nitrogens with one attached hydrogen (secondary N) is 1. The van der Waals surface area contributed by atoms with Crippen molar-refractivity contribution in [2.45, 2.75) is 26.3 Å². The van der Waals surface area contributed by atoms with Gasteiger partial charge in [-0.3, -0.25) is 9.78 Å². The third-order valence-corrected chi connectivity index (χ3v) is 3.52. The number of hydrogen-bond donors (Lipinski definition) is 2. The number of carbonyl (C=O) groups is 1. The molecular weight excluding hydrogens is 389 g/mol. The second-order valence-corrected chi connectivity index (χ2v) is 5.91. The molecule has 1 aromatic heterocycles. The molecule has 0 saturated heterocycles. The Morgan fingerprint density at radius 3 is 2.68 bits per heavy atom. The summed E-state index contributed by atoms with van der Waals surface area (Å²) in [6.45, 7) is 4.39. The van der Waals surface area contributed by atoms with Crippen LogP contribution in [0.2, 0.25) is 0 Å². The van der Waals surface area contributed by atoms with Gasteiger partial charge in [0.25, 0.3) is 5.91 Å². The second-order valence-electron chi connectivity index (χ2n) is 4.99. The standard InChI is InChI=1S/C15H18BrN3O.2ClH/c1-9(17)5-6-18-15(20)13-7-10(2)19-14-4-3-11(16)8-12(13)14;;/h3-4,7-9H,5-6,17H2,1-2H3,(H,18,20);2*1H. The molecule has 0 aliphatic carbocycles. The third kappa shape index (κ3) is 5.39. The van der Waals surface area contributed by atoms with Gasteiger partial charge in [0.2, 0.25) is 0 Å². The first-order valence-corrected chi connectivity index (χ1v) is 7.37. The first kappa shape index (κ1) is 21.1. The molecule has 2 rings (SSSR count). The molecule has 4 nitrogen and oxygen atoms in total. The van der Waals surface area contributed by atoms with Crippen molar-refractivity contribution < 1.29 is 4.79 Å². The molecule has 1 unspecified atom stereocenters. The molecule has 0 saturated carbocycles. The summed E-state index contributed by atoms with van der Waals surface area (Å²) in [6.07, 6.45) is 0.761. The minimum absolute atomic E-state index is 0. The summed E-state index contributed by atoms with van der Waals surface area (Å²) in [5.74, 6) is -0.0840. The van der Waals surface area contributed by atoms with Gasteiger partial charge in [-0.25, -0.2) is 0 Å². The van der Waals surface area contributed by atoms with Crippen LogP contribution in [0.25, 0.3) is 10.9 Å². The van der Waals surface area contributed by atoms with Crippen molar-refractivity contribution in [3.63, 3.8) is 0 Å². The molecule has 7 heteroatoms. The minimum Gasteiger partial charge on any atom is -0.352 e. The van der Waals surface area contributed by atoms with E-state index < -0.39 is 0 Å². The summed E-state index contributed by atoms with van der Waals surface area (Å²) < 4.78 is 0.931. The number of carbonyl (C=O) groups excluding carboxylic acids is 1.